The van der Waals surface area contributed by atoms with E-state index < -0.39 is 23.8 Å². The molecule has 6 heteroatoms. The smallest absolute Gasteiger partial charge is 0.340 e. The lowest BCUT2D eigenvalue weighted by Crippen LogP contribution is -2.30. The molecule has 0 aliphatic heterocycles. The van der Waals surface area contributed by atoms with E-state index in [1.165, 1.54) is 25.1 Å². The molecule has 1 amide bonds. The molecule has 1 heterocycles. The third-order valence-electron chi connectivity index (χ3n) is 3.85. The highest BCUT2D eigenvalue weighted by molar-refractivity contribution is 5.97. The first-order valence-electron chi connectivity index (χ1n) is 7.77. The fourth-order valence-electron chi connectivity index (χ4n) is 2.58. The Kier molecular flexibility index (Phi) is 5.39. The summed E-state index contributed by atoms with van der Waals surface area (Å²) >= 11 is 0. The molecule has 0 saturated carbocycles. The van der Waals surface area contributed by atoms with Crippen LogP contribution in [0.5, 0.6) is 0 Å². The summed E-state index contributed by atoms with van der Waals surface area (Å²) in [6.45, 7) is 7.97. The van der Waals surface area contributed by atoms with Crippen LogP contribution in [0.3, 0.4) is 0 Å². The van der Waals surface area contributed by atoms with Crippen LogP contribution < -0.4 is 5.32 Å². The van der Waals surface area contributed by atoms with Gasteiger partial charge < -0.3 is 14.6 Å². The largest absolute Gasteiger partial charge is 0.449 e. The topological polar surface area (TPSA) is 60.3 Å². The molecule has 1 atom stereocenters. The van der Waals surface area contributed by atoms with E-state index in [0.29, 0.717) is 11.3 Å². The molecular formula is C18H21FN2O3. The Labute approximate surface area is 140 Å². The van der Waals surface area contributed by atoms with Gasteiger partial charge in [0.05, 0.1) is 5.56 Å². The van der Waals surface area contributed by atoms with E-state index in [1.54, 1.807) is 12.1 Å². The number of rotatable bonds is 5. The maximum atomic E-state index is 13.1. The molecule has 2 rings (SSSR count). The number of amides is 1. The summed E-state index contributed by atoms with van der Waals surface area (Å²) in [6, 6.07) is 7.27. The van der Waals surface area contributed by atoms with Gasteiger partial charge in [-0.3, -0.25) is 4.79 Å². The van der Waals surface area contributed by atoms with Crippen molar-refractivity contribution in [1.82, 2.24) is 4.57 Å². The molecular weight excluding hydrogens is 311 g/mol. The van der Waals surface area contributed by atoms with Gasteiger partial charge in [-0.25, -0.2) is 9.18 Å². The molecule has 0 unspecified atom stereocenters. The molecule has 128 valence electrons. The standard InChI is InChI=1S/C18H21FN2O3/c1-5-21-11(2)9-16(12(21)3)18(23)24-13(4)17(22)20-15-8-6-7-14(19)10-15/h6-10,13H,5H2,1-4H3,(H,20,22)/t13-/m0/s1. The summed E-state index contributed by atoms with van der Waals surface area (Å²) in [4.78, 5) is 24.4. The van der Waals surface area contributed by atoms with Crippen LogP contribution in [0.1, 0.15) is 35.6 Å². The molecule has 1 N–H and O–H groups in total. The van der Waals surface area contributed by atoms with Crippen molar-refractivity contribution in [2.45, 2.75) is 40.3 Å². The highest BCUT2D eigenvalue weighted by Crippen LogP contribution is 2.17. The maximum Gasteiger partial charge on any atom is 0.340 e. The number of halogens is 1. The zero-order chi connectivity index (χ0) is 17.9. The van der Waals surface area contributed by atoms with E-state index in [-0.39, 0.29) is 0 Å². The Balaban J connectivity index is 2.04. The predicted molar refractivity (Wildman–Crippen MR) is 89.5 cm³/mol. The first-order valence-corrected chi connectivity index (χ1v) is 7.77. The fourth-order valence-corrected chi connectivity index (χ4v) is 2.58. The minimum absolute atomic E-state index is 0.312. The highest BCUT2D eigenvalue weighted by atomic mass is 19.1. The number of nitrogens with zero attached hydrogens (tertiary/aromatic N) is 1. The summed E-state index contributed by atoms with van der Waals surface area (Å²) in [5.41, 5.74) is 2.52. The second kappa shape index (κ2) is 7.29. The highest BCUT2D eigenvalue weighted by Gasteiger charge is 2.22. The first kappa shape index (κ1) is 17.7. The molecule has 1 aromatic heterocycles. The molecule has 2 aromatic rings. The minimum atomic E-state index is -0.995. The Morgan fingerprint density at radius 1 is 1.29 bits per heavy atom. The maximum absolute atomic E-state index is 13.1. The summed E-state index contributed by atoms with van der Waals surface area (Å²) in [6.07, 6.45) is -0.995. The van der Waals surface area contributed by atoms with Crippen molar-refractivity contribution in [2.75, 3.05) is 5.32 Å². The van der Waals surface area contributed by atoms with Crippen LogP contribution in [0.2, 0.25) is 0 Å². The molecule has 0 saturated heterocycles. The second-order valence-corrected chi connectivity index (χ2v) is 5.58. The Morgan fingerprint density at radius 2 is 2.00 bits per heavy atom. The average molecular weight is 332 g/mol. The predicted octanol–water partition coefficient (Wildman–Crippen LogP) is 3.45. The lowest BCUT2D eigenvalue weighted by atomic mass is 10.2. The van der Waals surface area contributed by atoms with Crippen LogP contribution in [-0.4, -0.2) is 22.5 Å². The molecule has 0 aliphatic rings. The van der Waals surface area contributed by atoms with Crippen molar-refractivity contribution in [3.05, 3.63) is 53.1 Å². The van der Waals surface area contributed by atoms with E-state index in [0.717, 1.165) is 17.9 Å². The van der Waals surface area contributed by atoms with Crippen molar-refractivity contribution in [3.63, 3.8) is 0 Å². The molecule has 24 heavy (non-hydrogen) atoms. The number of carbonyl (C=O) groups excluding carboxylic acids is 2. The molecule has 0 fully saturated rings. The zero-order valence-corrected chi connectivity index (χ0v) is 14.2. The van der Waals surface area contributed by atoms with Crippen molar-refractivity contribution >= 4 is 17.6 Å². The Morgan fingerprint density at radius 3 is 2.58 bits per heavy atom. The molecule has 1 aromatic carbocycles. The number of anilines is 1. The number of carbonyl (C=O) groups is 2. The van der Waals surface area contributed by atoms with Gasteiger partial charge in [0.2, 0.25) is 0 Å². The average Bonchev–Trinajstić information content (AvgIpc) is 2.81. The van der Waals surface area contributed by atoms with Gasteiger partial charge in [-0.1, -0.05) is 6.07 Å². The van der Waals surface area contributed by atoms with Gasteiger partial charge in [-0.2, -0.15) is 0 Å². The summed E-state index contributed by atoms with van der Waals surface area (Å²) < 4.78 is 20.4. The number of ether oxygens (including phenoxy) is 1. The van der Waals surface area contributed by atoms with Gasteiger partial charge in [0, 0.05) is 23.6 Å². The molecule has 0 radical (unpaired) electrons. The summed E-state index contributed by atoms with van der Waals surface area (Å²) in [5, 5.41) is 2.52. The number of aryl methyl sites for hydroxylation is 1. The van der Waals surface area contributed by atoms with Crippen molar-refractivity contribution in [1.29, 1.82) is 0 Å². The van der Waals surface area contributed by atoms with Gasteiger partial charge in [-0.05, 0) is 52.0 Å². The number of benzene rings is 1. The quantitative estimate of drug-likeness (QED) is 0.853. The summed E-state index contributed by atoms with van der Waals surface area (Å²) in [5.74, 6) is -1.52. The third kappa shape index (κ3) is 3.82. The number of hydrogen-bond acceptors (Lipinski definition) is 3. The normalized spacial score (nSPS) is 11.9. The van der Waals surface area contributed by atoms with Gasteiger partial charge >= 0.3 is 5.97 Å². The summed E-state index contributed by atoms with van der Waals surface area (Å²) in [7, 11) is 0. The fraction of sp³-hybridized carbons (Fsp3) is 0.333. The number of esters is 1. The first-order chi connectivity index (χ1) is 11.3. The lowest BCUT2D eigenvalue weighted by Gasteiger charge is -2.14. The van der Waals surface area contributed by atoms with Crippen LogP contribution in [0.4, 0.5) is 10.1 Å². The van der Waals surface area contributed by atoms with E-state index in [9.17, 15) is 14.0 Å². The molecule has 0 spiro atoms. The van der Waals surface area contributed by atoms with E-state index in [4.69, 9.17) is 4.74 Å². The second-order valence-electron chi connectivity index (χ2n) is 5.58. The van der Waals surface area contributed by atoms with Gasteiger partial charge in [0.15, 0.2) is 6.10 Å². The Bertz CT molecular complexity index is 768. The third-order valence-corrected chi connectivity index (χ3v) is 3.85. The molecule has 5 nitrogen and oxygen atoms in total. The zero-order valence-electron chi connectivity index (χ0n) is 14.2. The van der Waals surface area contributed by atoms with E-state index in [2.05, 4.69) is 5.32 Å². The lowest BCUT2D eigenvalue weighted by molar-refractivity contribution is -0.123. The van der Waals surface area contributed by atoms with Crippen LogP contribution >= 0.6 is 0 Å². The van der Waals surface area contributed by atoms with Crippen LogP contribution in [-0.2, 0) is 16.1 Å². The van der Waals surface area contributed by atoms with E-state index in [1.807, 2.05) is 25.3 Å². The van der Waals surface area contributed by atoms with Crippen molar-refractivity contribution in [3.8, 4) is 0 Å². The van der Waals surface area contributed by atoms with Gasteiger partial charge in [-0.15, -0.1) is 0 Å². The number of nitrogens with one attached hydrogen (secondary N) is 1. The van der Waals surface area contributed by atoms with Crippen LogP contribution in [0, 0.1) is 19.7 Å². The van der Waals surface area contributed by atoms with Gasteiger partial charge in [0.25, 0.3) is 5.91 Å². The number of aromatic nitrogens is 1. The monoisotopic (exact) mass is 332 g/mol. The van der Waals surface area contributed by atoms with Crippen LogP contribution in [0.15, 0.2) is 30.3 Å². The number of hydrogen-bond donors (Lipinski definition) is 1. The Hall–Kier alpha value is -2.63. The minimum Gasteiger partial charge on any atom is -0.449 e. The van der Waals surface area contributed by atoms with Crippen molar-refractivity contribution < 1.29 is 18.7 Å². The van der Waals surface area contributed by atoms with Crippen LogP contribution in [0.25, 0.3) is 0 Å². The van der Waals surface area contributed by atoms with Crippen molar-refractivity contribution in [2.24, 2.45) is 0 Å². The molecule has 0 aliphatic carbocycles. The molecule has 0 bridgehead atoms. The SMILES string of the molecule is CCn1c(C)cc(C(=O)O[C@@H](C)C(=O)Nc2cccc(F)c2)c1C. The van der Waals surface area contributed by atoms with Gasteiger partial charge in [0.1, 0.15) is 5.82 Å². The van der Waals surface area contributed by atoms with E-state index >= 15 is 0 Å².